The van der Waals surface area contributed by atoms with Crippen molar-refractivity contribution in [2.24, 2.45) is 0 Å². The Hall–Kier alpha value is -1.82. The summed E-state index contributed by atoms with van der Waals surface area (Å²) in [6.45, 7) is 2.91. The number of rotatable bonds is 8. The average Bonchev–Trinajstić information content (AvgIpc) is 2.87. The van der Waals surface area contributed by atoms with Gasteiger partial charge in [0.2, 0.25) is 0 Å². The predicted octanol–water partition coefficient (Wildman–Crippen LogP) is 2.65. The van der Waals surface area contributed by atoms with Gasteiger partial charge in [0.25, 0.3) is 0 Å². The van der Waals surface area contributed by atoms with Gasteiger partial charge in [0.1, 0.15) is 5.82 Å². The lowest BCUT2D eigenvalue weighted by atomic mass is 10.1. The second kappa shape index (κ2) is 7.83. The highest BCUT2D eigenvalue weighted by molar-refractivity contribution is 7.99. The van der Waals surface area contributed by atoms with Gasteiger partial charge in [-0.05, 0) is 18.4 Å². The molecule has 0 aliphatic carbocycles. The van der Waals surface area contributed by atoms with E-state index in [-0.39, 0.29) is 5.75 Å². The third-order valence-corrected chi connectivity index (χ3v) is 4.00. The molecule has 21 heavy (non-hydrogen) atoms. The first-order valence-corrected chi connectivity index (χ1v) is 8.00. The molecular formula is C15H19N3O2S. The number of aliphatic carboxylic acids is 1. The zero-order valence-electron chi connectivity index (χ0n) is 12.0. The second-order valence-corrected chi connectivity index (χ2v) is 5.66. The number of nitrogens with zero attached hydrogens (tertiary/aromatic N) is 3. The number of benzene rings is 1. The molecule has 1 aromatic heterocycles. The molecule has 1 N–H and O–H groups in total. The van der Waals surface area contributed by atoms with E-state index in [9.17, 15) is 4.79 Å². The van der Waals surface area contributed by atoms with Gasteiger partial charge in [-0.25, -0.2) is 0 Å². The zero-order valence-corrected chi connectivity index (χ0v) is 12.8. The van der Waals surface area contributed by atoms with E-state index in [0.717, 1.165) is 31.6 Å². The molecule has 0 aliphatic rings. The monoisotopic (exact) mass is 305 g/mol. The SMILES string of the molecule is CCCn1c(CCc2ccccc2)nnc1SCC(=O)O. The van der Waals surface area contributed by atoms with Crippen molar-refractivity contribution in [3.8, 4) is 0 Å². The van der Waals surface area contributed by atoms with Crippen molar-refractivity contribution in [2.45, 2.75) is 37.9 Å². The van der Waals surface area contributed by atoms with Crippen molar-refractivity contribution in [3.05, 3.63) is 41.7 Å². The van der Waals surface area contributed by atoms with Crippen LogP contribution in [-0.2, 0) is 24.2 Å². The van der Waals surface area contributed by atoms with Gasteiger partial charge < -0.3 is 9.67 Å². The third kappa shape index (κ3) is 4.60. The smallest absolute Gasteiger partial charge is 0.313 e. The molecule has 0 spiro atoms. The fraction of sp³-hybridized carbons (Fsp3) is 0.400. The molecule has 0 bridgehead atoms. The van der Waals surface area contributed by atoms with Crippen LogP contribution in [0.2, 0.25) is 0 Å². The molecule has 0 radical (unpaired) electrons. The Balaban J connectivity index is 2.06. The molecule has 0 atom stereocenters. The van der Waals surface area contributed by atoms with Crippen molar-refractivity contribution in [2.75, 3.05) is 5.75 Å². The van der Waals surface area contributed by atoms with Crippen LogP contribution < -0.4 is 0 Å². The fourth-order valence-electron chi connectivity index (χ4n) is 2.09. The molecular weight excluding hydrogens is 286 g/mol. The van der Waals surface area contributed by atoms with Crippen molar-refractivity contribution in [3.63, 3.8) is 0 Å². The summed E-state index contributed by atoms with van der Waals surface area (Å²) in [6, 6.07) is 10.3. The standard InChI is InChI=1S/C15H19N3O2S/c1-2-10-18-13(9-8-12-6-4-3-5-7-12)16-17-15(18)21-11-14(19)20/h3-7H,2,8-11H2,1H3,(H,19,20). The number of aromatic nitrogens is 3. The summed E-state index contributed by atoms with van der Waals surface area (Å²) < 4.78 is 2.04. The number of aryl methyl sites for hydroxylation is 2. The molecule has 112 valence electrons. The van der Waals surface area contributed by atoms with Gasteiger partial charge >= 0.3 is 5.97 Å². The minimum absolute atomic E-state index is 0.0144. The molecule has 6 heteroatoms. The predicted molar refractivity (Wildman–Crippen MR) is 82.5 cm³/mol. The Labute approximate surface area is 128 Å². The molecule has 1 heterocycles. The maximum atomic E-state index is 10.7. The number of carbonyl (C=O) groups is 1. The Morgan fingerprint density at radius 2 is 2.00 bits per heavy atom. The average molecular weight is 305 g/mol. The van der Waals surface area contributed by atoms with Crippen LogP contribution in [0.15, 0.2) is 35.5 Å². The van der Waals surface area contributed by atoms with Crippen molar-refractivity contribution in [1.29, 1.82) is 0 Å². The van der Waals surface area contributed by atoms with Gasteiger partial charge in [-0.1, -0.05) is 49.0 Å². The number of carboxylic acids is 1. The first-order valence-electron chi connectivity index (χ1n) is 7.01. The molecule has 0 saturated carbocycles. The van der Waals surface area contributed by atoms with Gasteiger partial charge in [0.15, 0.2) is 5.16 Å². The van der Waals surface area contributed by atoms with Crippen LogP contribution in [0, 0.1) is 0 Å². The van der Waals surface area contributed by atoms with E-state index >= 15 is 0 Å². The van der Waals surface area contributed by atoms with Crippen molar-refractivity contribution >= 4 is 17.7 Å². The summed E-state index contributed by atoms with van der Waals surface area (Å²) in [6.07, 6.45) is 2.69. The van der Waals surface area contributed by atoms with E-state index in [1.54, 1.807) is 0 Å². The molecule has 5 nitrogen and oxygen atoms in total. The highest BCUT2D eigenvalue weighted by atomic mass is 32.2. The summed E-state index contributed by atoms with van der Waals surface area (Å²) in [5.41, 5.74) is 1.27. The number of hydrogen-bond donors (Lipinski definition) is 1. The van der Waals surface area contributed by atoms with E-state index in [1.807, 2.05) is 22.8 Å². The summed E-state index contributed by atoms with van der Waals surface area (Å²) in [7, 11) is 0. The lowest BCUT2D eigenvalue weighted by Crippen LogP contribution is -2.07. The van der Waals surface area contributed by atoms with Gasteiger partial charge in [-0.15, -0.1) is 10.2 Å². The van der Waals surface area contributed by atoms with E-state index in [2.05, 4.69) is 29.3 Å². The van der Waals surface area contributed by atoms with E-state index in [4.69, 9.17) is 5.11 Å². The number of hydrogen-bond acceptors (Lipinski definition) is 4. The Morgan fingerprint density at radius 3 is 2.67 bits per heavy atom. The highest BCUT2D eigenvalue weighted by Gasteiger charge is 2.13. The van der Waals surface area contributed by atoms with Crippen LogP contribution in [0.5, 0.6) is 0 Å². The van der Waals surface area contributed by atoms with E-state index < -0.39 is 5.97 Å². The summed E-state index contributed by atoms with van der Waals surface area (Å²) in [5, 5.41) is 17.8. The summed E-state index contributed by atoms with van der Waals surface area (Å²) >= 11 is 1.23. The van der Waals surface area contributed by atoms with Crippen molar-refractivity contribution in [1.82, 2.24) is 14.8 Å². The Kier molecular flexibility index (Phi) is 5.80. The molecule has 0 fully saturated rings. The first-order chi connectivity index (χ1) is 10.2. The van der Waals surface area contributed by atoms with E-state index in [1.165, 1.54) is 17.3 Å². The maximum Gasteiger partial charge on any atom is 0.313 e. The number of thioether (sulfide) groups is 1. The highest BCUT2D eigenvalue weighted by Crippen LogP contribution is 2.18. The fourth-order valence-corrected chi connectivity index (χ4v) is 2.79. The minimum Gasteiger partial charge on any atom is -0.481 e. The molecule has 2 aromatic rings. The Bertz CT molecular complexity index is 584. The third-order valence-electron chi connectivity index (χ3n) is 3.05. The largest absolute Gasteiger partial charge is 0.481 e. The quantitative estimate of drug-likeness (QED) is 0.759. The van der Waals surface area contributed by atoms with Crippen LogP contribution in [0.3, 0.4) is 0 Å². The first kappa shape index (κ1) is 15.6. The summed E-state index contributed by atoms with van der Waals surface area (Å²) in [5.74, 6) is 0.103. The molecule has 1 aromatic carbocycles. The van der Waals surface area contributed by atoms with Crippen molar-refractivity contribution < 1.29 is 9.90 Å². The van der Waals surface area contributed by atoms with Gasteiger partial charge in [0.05, 0.1) is 5.75 Å². The summed E-state index contributed by atoms with van der Waals surface area (Å²) in [4.78, 5) is 10.7. The number of carboxylic acid groups (broad SMARTS) is 1. The Morgan fingerprint density at radius 1 is 1.24 bits per heavy atom. The van der Waals surface area contributed by atoms with Crippen LogP contribution in [0.1, 0.15) is 24.7 Å². The molecule has 0 saturated heterocycles. The maximum absolute atomic E-state index is 10.7. The molecule has 0 aliphatic heterocycles. The van der Waals surface area contributed by atoms with Gasteiger partial charge in [-0.3, -0.25) is 4.79 Å². The molecule has 0 unspecified atom stereocenters. The zero-order chi connectivity index (χ0) is 15.1. The van der Waals surface area contributed by atoms with Crippen LogP contribution in [0.4, 0.5) is 0 Å². The minimum atomic E-state index is -0.836. The second-order valence-electron chi connectivity index (χ2n) is 4.72. The van der Waals surface area contributed by atoms with Crippen LogP contribution in [-0.4, -0.2) is 31.6 Å². The van der Waals surface area contributed by atoms with Crippen LogP contribution >= 0.6 is 11.8 Å². The topological polar surface area (TPSA) is 68.0 Å². The molecule has 0 amide bonds. The lowest BCUT2D eigenvalue weighted by Gasteiger charge is -2.08. The lowest BCUT2D eigenvalue weighted by molar-refractivity contribution is -0.133. The molecule has 2 rings (SSSR count). The normalized spacial score (nSPS) is 10.7. The van der Waals surface area contributed by atoms with Gasteiger partial charge in [-0.2, -0.15) is 0 Å². The van der Waals surface area contributed by atoms with E-state index in [0.29, 0.717) is 5.16 Å². The van der Waals surface area contributed by atoms with Crippen LogP contribution in [0.25, 0.3) is 0 Å². The van der Waals surface area contributed by atoms with Gasteiger partial charge in [0, 0.05) is 13.0 Å².